The molecular weight excluding hydrogens is 198 g/mol. The van der Waals surface area contributed by atoms with Crippen molar-refractivity contribution in [1.29, 1.82) is 0 Å². The molecule has 1 saturated heterocycles. The lowest BCUT2D eigenvalue weighted by molar-refractivity contribution is 0.440. The molecule has 0 aliphatic carbocycles. The Labute approximate surface area is 87.2 Å². The van der Waals surface area contributed by atoms with Crippen LogP contribution in [0.5, 0.6) is 0 Å². The molecule has 0 bridgehead atoms. The van der Waals surface area contributed by atoms with Gasteiger partial charge in [0, 0.05) is 6.04 Å². The van der Waals surface area contributed by atoms with E-state index in [0.717, 1.165) is 13.0 Å². The third kappa shape index (κ3) is 3.96. The maximum Gasteiger partial charge on any atom is 0.151 e. The summed E-state index contributed by atoms with van der Waals surface area (Å²) in [5.41, 5.74) is 0. The molecule has 1 heterocycles. The molecule has 1 N–H and O–H groups in total. The first kappa shape index (κ1) is 12.0. The van der Waals surface area contributed by atoms with E-state index in [0.29, 0.717) is 17.4 Å². The van der Waals surface area contributed by atoms with Gasteiger partial charge in [0.25, 0.3) is 0 Å². The molecule has 0 saturated carbocycles. The molecule has 0 amide bonds. The molecule has 14 heavy (non-hydrogen) atoms. The van der Waals surface area contributed by atoms with Crippen molar-refractivity contribution in [2.45, 2.75) is 39.2 Å². The smallest absolute Gasteiger partial charge is 0.151 e. The lowest BCUT2D eigenvalue weighted by Crippen LogP contribution is -2.33. The molecule has 1 aliphatic heterocycles. The molecule has 0 radical (unpaired) electrons. The Morgan fingerprint density at radius 3 is 2.71 bits per heavy atom. The molecule has 84 valence electrons. The summed E-state index contributed by atoms with van der Waals surface area (Å²) in [6.07, 6.45) is 3.21. The third-order valence-corrected chi connectivity index (χ3v) is 4.54. The fraction of sp³-hybridized carbons (Fsp3) is 1.00. The molecule has 0 spiro atoms. The van der Waals surface area contributed by atoms with Crippen LogP contribution in [0.15, 0.2) is 0 Å². The van der Waals surface area contributed by atoms with Crippen molar-refractivity contribution in [2.75, 3.05) is 18.1 Å². The van der Waals surface area contributed by atoms with Gasteiger partial charge >= 0.3 is 0 Å². The van der Waals surface area contributed by atoms with E-state index in [-0.39, 0.29) is 6.04 Å². The van der Waals surface area contributed by atoms with Crippen molar-refractivity contribution in [2.24, 2.45) is 5.92 Å². The van der Waals surface area contributed by atoms with Gasteiger partial charge in [-0.05, 0) is 25.3 Å². The van der Waals surface area contributed by atoms with E-state index in [9.17, 15) is 8.42 Å². The van der Waals surface area contributed by atoms with Crippen molar-refractivity contribution >= 4 is 9.84 Å². The Kier molecular flexibility index (Phi) is 4.38. The minimum Gasteiger partial charge on any atom is -0.313 e. The fourth-order valence-corrected chi connectivity index (χ4v) is 3.63. The quantitative estimate of drug-likeness (QED) is 0.756. The summed E-state index contributed by atoms with van der Waals surface area (Å²) in [5.74, 6) is 1.36. The van der Waals surface area contributed by atoms with Gasteiger partial charge in [-0.2, -0.15) is 0 Å². The van der Waals surface area contributed by atoms with Crippen molar-refractivity contribution in [3.05, 3.63) is 0 Å². The van der Waals surface area contributed by atoms with Gasteiger partial charge in [0.1, 0.15) is 0 Å². The molecule has 1 fully saturated rings. The predicted molar refractivity (Wildman–Crippen MR) is 59.1 cm³/mol. The normalized spacial score (nSPS) is 27.7. The van der Waals surface area contributed by atoms with Gasteiger partial charge in [0.05, 0.1) is 11.5 Å². The van der Waals surface area contributed by atoms with Gasteiger partial charge < -0.3 is 5.32 Å². The number of rotatable bonds is 5. The highest BCUT2D eigenvalue weighted by Crippen LogP contribution is 2.12. The third-order valence-electron chi connectivity index (χ3n) is 2.77. The molecule has 2 atom stereocenters. The topological polar surface area (TPSA) is 46.2 Å². The molecule has 3 nitrogen and oxygen atoms in total. The average molecular weight is 219 g/mol. The molecular formula is C10H21NO2S. The van der Waals surface area contributed by atoms with E-state index < -0.39 is 9.84 Å². The molecule has 0 aromatic rings. The van der Waals surface area contributed by atoms with Crippen LogP contribution in [0.1, 0.15) is 33.1 Å². The van der Waals surface area contributed by atoms with E-state index in [1.165, 1.54) is 12.8 Å². The first-order valence-electron chi connectivity index (χ1n) is 5.47. The minimum absolute atomic E-state index is 0.208. The molecule has 0 aromatic carbocycles. The van der Waals surface area contributed by atoms with Gasteiger partial charge in [-0.1, -0.05) is 20.3 Å². The standard InChI is InChI=1S/C10H21NO2S/c1-3-4-9(2)7-11-10-5-6-14(12,13)8-10/h9-11H,3-8H2,1-2H3/t9-,10-/m0/s1. The van der Waals surface area contributed by atoms with Crippen LogP contribution in [-0.2, 0) is 9.84 Å². The minimum atomic E-state index is -2.72. The first-order chi connectivity index (χ1) is 6.53. The Bertz CT molecular complexity index is 261. The van der Waals surface area contributed by atoms with Gasteiger partial charge in [0.2, 0.25) is 0 Å². The summed E-state index contributed by atoms with van der Waals surface area (Å²) in [5, 5.41) is 3.34. The van der Waals surface area contributed by atoms with Crippen LogP contribution in [0, 0.1) is 5.92 Å². The van der Waals surface area contributed by atoms with E-state index in [2.05, 4.69) is 19.2 Å². The summed E-state index contributed by atoms with van der Waals surface area (Å²) in [6, 6.07) is 0.208. The van der Waals surface area contributed by atoms with Crippen LogP contribution < -0.4 is 5.32 Å². The van der Waals surface area contributed by atoms with Gasteiger partial charge in [-0.15, -0.1) is 0 Å². The van der Waals surface area contributed by atoms with Crippen molar-refractivity contribution in [3.8, 4) is 0 Å². The van der Waals surface area contributed by atoms with Crippen LogP contribution in [0.4, 0.5) is 0 Å². The van der Waals surface area contributed by atoms with Crippen LogP contribution >= 0.6 is 0 Å². The second-order valence-electron chi connectivity index (χ2n) is 4.40. The first-order valence-corrected chi connectivity index (χ1v) is 7.29. The SMILES string of the molecule is CCC[C@H](C)CN[C@H]1CCS(=O)(=O)C1. The Morgan fingerprint density at radius 2 is 2.21 bits per heavy atom. The van der Waals surface area contributed by atoms with Crippen LogP contribution in [0.25, 0.3) is 0 Å². The summed E-state index contributed by atoms with van der Waals surface area (Å²) < 4.78 is 22.3. The molecule has 1 rings (SSSR count). The lowest BCUT2D eigenvalue weighted by Gasteiger charge is -2.15. The Morgan fingerprint density at radius 1 is 1.50 bits per heavy atom. The maximum absolute atomic E-state index is 11.2. The van der Waals surface area contributed by atoms with Gasteiger partial charge in [0.15, 0.2) is 9.84 Å². The molecule has 0 aromatic heterocycles. The monoisotopic (exact) mass is 219 g/mol. The molecule has 4 heteroatoms. The summed E-state index contributed by atoms with van der Waals surface area (Å²) in [7, 11) is -2.72. The predicted octanol–water partition coefficient (Wildman–Crippen LogP) is 1.20. The zero-order valence-corrected chi connectivity index (χ0v) is 9.94. The van der Waals surface area contributed by atoms with Crippen molar-refractivity contribution in [3.63, 3.8) is 0 Å². The van der Waals surface area contributed by atoms with Gasteiger partial charge in [-0.3, -0.25) is 0 Å². The van der Waals surface area contributed by atoms with Gasteiger partial charge in [-0.25, -0.2) is 8.42 Å². The zero-order valence-electron chi connectivity index (χ0n) is 9.12. The summed E-state index contributed by atoms with van der Waals surface area (Å²) in [6.45, 7) is 5.34. The maximum atomic E-state index is 11.2. The van der Waals surface area contributed by atoms with Crippen LogP contribution in [0.2, 0.25) is 0 Å². The zero-order chi connectivity index (χ0) is 10.6. The largest absolute Gasteiger partial charge is 0.313 e. The Hall–Kier alpha value is -0.0900. The number of sulfone groups is 1. The van der Waals surface area contributed by atoms with E-state index in [1.54, 1.807) is 0 Å². The van der Waals surface area contributed by atoms with E-state index in [1.807, 2.05) is 0 Å². The summed E-state index contributed by atoms with van der Waals surface area (Å²) in [4.78, 5) is 0. The van der Waals surface area contributed by atoms with Crippen LogP contribution in [0.3, 0.4) is 0 Å². The highest BCUT2D eigenvalue weighted by Gasteiger charge is 2.27. The number of hydrogen-bond acceptors (Lipinski definition) is 3. The number of nitrogens with one attached hydrogen (secondary N) is 1. The van der Waals surface area contributed by atoms with Crippen molar-refractivity contribution < 1.29 is 8.42 Å². The molecule has 1 aliphatic rings. The second-order valence-corrected chi connectivity index (χ2v) is 6.63. The van der Waals surface area contributed by atoms with E-state index in [4.69, 9.17) is 0 Å². The Balaban J connectivity index is 2.20. The second kappa shape index (κ2) is 5.12. The average Bonchev–Trinajstić information content (AvgIpc) is 2.43. The fourth-order valence-electron chi connectivity index (χ4n) is 1.92. The number of hydrogen-bond donors (Lipinski definition) is 1. The summed E-state index contributed by atoms with van der Waals surface area (Å²) >= 11 is 0. The molecule has 0 unspecified atom stereocenters. The van der Waals surface area contributed by atoms with Crippen LogP contribution in [-0.4, -0.2) is 32.5 Å². The highest BCUT2D eigenvalue weighted by molar-refractivity contribution is 7.91. The lowest BCUT2D eigenvalue weighted by atomic mass is 10.1. The van der Waals surface area contributed by atoms with Crippen molar-refractivity contribution in [1.82, 2.24) is 5.32 Å². The van der Waals surface area contributed by atoms with E-state index >= 15 is 0 Å². The highest BCUT2D eigenvalue weighted by atomic mass is 32.2.